The molecule has 1 fully saturated rings. The highest BCUT2D eigenvalue weighted by Gasteiger charge is 2.32. The summed E-state index contributed by atoms with van der Waals surface area (Å²) in [5.74, 6) is 0.278. The summed E-state index contributed by atoms with van der Waals surface area (Å²) in [6.45, 7) is 7.19. The molecule has 1 aliphatic heterocycles. The predicted octanol–water partition coefficient (Wildman–Crippen LogP) is 3.33. The highest BCUT2D eigenvalue weighted by atomic mass is 16.7. The van der Waals surface area contributed by atoms with Gasteiger partial charge >= 0.3 is 0 Å². The van der Waals surface area contributed by atoms with E-state index in [4.69, 9.17) is 9.47 Å². The zero-order valence-corrected chi connectivity index (χ0v) is 10.3. The van der Waals surface area contributed by atoms with E-state index >= 15 is 0 Å². The molecule has 2 heteroatoms. The van der Waals surface area contributed by atoms with Crippen molar-refractivity contribution in [2.45, 2.75) is 45.0 Å². The monoisotopic (exact) mass is 220 g/mol. The molecule has 2 nitrogen and oxygen atoms in total. The van der Waals surface area contributed by atoms with E-state index in [2.05, 4.69) is 45.0 Å². The largest absolute Gasteiger partial charge is 0.352 e. The van der Waals surface area contributed by atoms with Crippen LogP contribution in [0.4, 0.5) is 0 Å². The summed E-state index contributed by atoms with van der Waals surface area (Å²) in [5.41, 5.74) is 1.21. The number of hydrogen-bond acceptors (Lipinski definition) is 2. The third kappa shape index (κ3) is 2.63. The minimum Gasteiger partial charge on any atom is -0.352 e. The molecule has 1 aliphatic rings. The second-order valence-corrected chi connectivity index (χ2v) is 5.07. The molecule has 1 aromatic carbocycles. The Bertz CT molecular complexity index is 332. The van der Waals surface area contributed by atoms with E-state index in [0.717, 1.165) is 13.0 Å². The van der Waals surface area contributed by atoms with Gasteiger partial charge in [-0.2, -0.15) is 0 Å². The molecule has 0 radical (unpaired) electrons. The van der Waals surface area contributed by atoms with Crippen molar-refractivity contribution in [1.29, 1.82) is 0 Å². The fraction of sp³-hybridized carbons (Fsp3) is 0.571. The van der Waals surface area contributed by atoms with Crippen LogP contribution in [0, 0.1) is 0 Å². The van der Waals surface area contributed by atoms with Gasteiger partial charge in [-0.05, 0) is 25.8 Å². The maximum absolute atomic E-state index is 5.97. The average Bonchev–Trinajstić information content (AvgIpc) is 2.28. The molecule has 0 aliphatic carbocycles. The van der Waals surface area contributed by atoms with Gasteiger partial charge in [-0.25, -0.2) is 0 Å². The molecule has 0 amide bonds. The summed E-state index contributed by atoms with van der Waals surface area (Å²) >= 11 is 0. The van der Waals surface area contributed by atoms with Crippen molar-refractivity contribution in [2.24, 2.45) is 0 Å². The maximum atomic E-state index is 5.97. The lowest BCUT2D eigenvalue weighted by molar-refractivity contribution is -0.252. The van der Waals surface area contributed by atoms with Crippen LogP contribution >= 0.6 is 0 Å². The highest BCUT2D eigenvalue weighted by Crippen LogP contribution is 2.31. The van der Waals surface area contributed by atoms with Crippen molar-refractivity contribution in [2.75, 3.05) is 6.61 Å². The molecule has 1 heterocycles. The third-order valence-corrected chi connectivity index (χ3v) is 3.16. The number of benzene rings is 1. The van der Waals surface area contributed by atoms with Crippen molar-refractivity contribution >= 4 is 0 Å². The van der Waals surface area contributed by atoms with Crippen molar-refractivity contribution in [3.63, 3.8) is 0 Å². The smallest absolute Gasteiger partial charge is 0.164 e. The normalized spacial score (nSPS) is 26.3. The molecular weight excluding hydrogens is 200 g/mol. The van der Waals surface area contributed by atoms with Crippen molar-refractivity contribution in [1.82, 2.24) is 0 Å². The fourth-order valence-electron chi connectivity index (χ4n) is 1.99. The van der Waals surface area contributed by atoms with Crippen LogP contribution in [0.25, 0.3) is 0 Å². The molecule has 2 rings (SSSR count). The molecule has 2 unspecified atom stereocenters. The summed E-state index contributed by atoms with van der Waals surface area (Å²) in [7, 11) is 0. The summed E-state index contributed by atoms with van der Waals surface area (Å²) in [5, 5.41) is 0. The van der Waals surface area contributed by atoms with E-state index in [1.165, 1.54) is 5.56 Å². The first kappa shape index (κ1) is 11.6. The highest BCUT2D eigenvalue weighted by molar-refractivity contribution is 5.19. The van der Waals surface area contributed by atoms with E-state index in [1.807, 2.05) is 6.07 Å². The Labute approximate surface area is 97.6 Å². The Morgan fingerprint density at radius 1 is 1.25 bits per heavy atom. The fourth-order valence-corrected chi connectivity index (χ4v) is 1.99. The van der Waals surface area contributed by atoms with Gasteiger partial charge in [0.2, 0.25) is 0 Å². The van der Waals surface area contributed by atoms with Crippen LogP contribution in [0.5, 0.6) is 0 Å². The molecule has 0 spiro atoms. The van der Waals surface area contributed by atoms with Crippen LogP contribution in [0.2, 0.25) is 0 Å². The maximum Gasteiger partial charge on any atom is 0.164 e. The van der Waals surface area contributed by atoms with E-state index in [0.29, 0.717) is 0 Å². The first-order valence-corrected chi connectivity index (χ1v) is 5.93. The zero-order valence-electron chi connectivity index (χ0n) is 10.3. The summed E-state index contributed by atoms with van der Waals surface area (Å²) in [4.78, 5) is 0. The lowest BCUT2D eigenvalue weighted by Crippen LogP contribution is -2.41. The standard InChI is InChI=1S/C14H20O2/c1-11(12-7-5-4-6-8-12)13-15-10-9-14(2,3)16-13/h4-8,11,13H,9-10H2,1-3H3. The van der Waals surface area contributed by atoms with Crippen LogP contribution in [-0.4, -0.2) is 18.5 Å². The van der Waals surface area contributed by atoms with E-state index in [1.54, 1.807) is 0 Å². The van der Waals surface area contributed by atoms with Crippen molar-refractivity contribution in [3.8, 4) is 0 Å². The van der Waals surface area contributed by atoms with Crippen LogP contribution in [-0.2, 0) is 9.47 Å². The molecule has 1 aromatic rings. The molecular formula is C14H20O2. The molecule has 0 bridgehead atoms. The SMILES string of the molecule is CC(c1ccccc1)C1OCCC(C)(C)O1. The number of hydrogen-bond donors (Lipinski definition) is 0. The molecule has 0 N–H and O–H groups in total. The van der Waals surface area contributed by atoms with E-state index in [-0.39, 0.29) is 17.8 Å². The Morgan fingerprint density at radius 2 is 1.94 bits per heavy atom. The van der Waals surface area contributed by atoms with Gasteiger partial charge in [0.25, 0.3) is 0 Å². The quantitative estimate of drug-likeness (QED) is 0.761. The Hall–Kier alpha value is -0.860. The van der Waals surface area contributed by atoms with Gasteiger partial charge in [-0.1, -0.05) is 37.3 Å². The minimum absolute atomic E-state index is 0.0635. The predicted molar refractivity (Wildman–Crippen MR) is 64.4 cm³/mol. The average molecular weight is 220 g/mol. The van der Waals surface area contributed by atoms with Crippen LogP contribution < -0.4 is 0 Å². The van der Waals surface area contributed by atoms with Crippen LogP contribution in [0.3, 0.4) is 0 Å². The second kappa shape index (κ2) is 4.56. The van der Waals surface area contributed by atoms with Gasteiger partial charge in [0.1, 0.15) is 0 Å². The van der Waals surface area contributed by atoms with Gasteiger partial charge in [-0.3, -0.25) is 0 Å². The first-order valence-electron chi connectivity index (χ1n) is 5.93. The van der Waals surface area contributed by atoms with Gasteiger partial charge in [0.05, 0.1) is 12.2 Å². The molecule has 1 saturated heterocycles. The Kier molecular flexibility index (Phi) is 3.31. The minimum atomic E-state index is -0.119. The second-order valence-electron chi connectivity index (χ2n) is 5.07. The Morgan fingerprint density at radius 3 is 2.56 bits per heavy atom. The molecule has 88 valence electrons. The van der Waals surface area contributed by atoms with Gasteiger partial charge < -0.3 is 9.47 Å². The lowest BCUT2D eigenvalue weighted by Gasteiger charge is -2.38. The molecule has 0 aromatic heterocycles. The summed E-state index contributed by atoms with van der Waals surface area (Å²) < 4.78 is 11.7. The third-order valence-electron chi connectivity index (χ3n) is 3.16. The number of ether oxygens (including phenoxy) is 2. The van der Waals surface area contributed by atoms with Crippen LogP contribution in [0.15, 0.2) is 30.3 Å². The zero-order chi connectivity index (χ0) is 11.6. The van der Waals surface area contributed by atoms with Crippen molar-refractivity contribution < 1.29 is 9.47 Å². The molecule has 0 saturated carbocycles. The van der Waals surface area contributed by atoms with Gasteiger partial charge in [0, 0.05) is 5.92 Å². The van der Waals surface area contributed by atoms with Crippen molar-refractivity contribution in [3.05, 3.63) is 35.9 Å². The number of rotatable bonds is 2. The van der Waals surface area contributed by atoms with Crippen LogP contribution in [0.1, 0.15) is 38.7 Å². The van der Waals surface area contributed by atoms with E-state index < -0.39 is 0 Å². The first-order chi connectivity index (χ1) is 7.58. The summed E-state index contributed by atoms with van der Waals surface area (Å²) in [6.07, 6.45) is 0.844. The summed E-state index contributed by atoms with van der Waals surface area (Å²) in [6, 6.07) is 10.4. The topological polar surface area (TPSA) is 18.5 Å². The lowest BCUT2D eigenvalue weighted by atomic mass is 9.98. The van der Waals surface area contributed by atoms with Gasteiger partial charge in [0.15, 0.2) is 6.29 Å². The van der Waals surface area contributed by atoms with Gasteiger partial charge in [-0.15, -0.1) is 0 Å². The molecule has 16 heavy (non-hydrogen) atoms. The Balaban J connectivity index is 2.08. The molecule has 2 atom stereocenters. The van der Waals surface area contributed by atoms with E-state index in [9.17, 15) is 0 Å².